The number of methoxy groups -OCH3 is 1. The number of nitrogens with zero attached hydrogens (tertiary/aromatic N) is 1. The maximum Gasteiger partial charge on any atom is 0.335 e. The third-order valence-electron chi connectivity index (χ3n) is 2.85. The summed E-state index contributed by atoms with van der Waals surface area (Å²) >= 11 is 0. The van der Waals surface area contributed by atoms with Crippen LogP contribution in [0.2, 0.25) is 0 Å². The maximum atomic E-state index is 10.7. The van der Waals surface area contributed by atoms with Crippen molar-refractivity contribution in [2.75, 3.05) is 7.11 Å². The maximum absolute atomic E-state index is 10.7. The number of aromatic carboxylic acids is 1. The number of para-hydroxylation sites is 1. The van der Waals surface area contributed by atoms with Crippen LogP contribution in [0.15, 0.2) is 53.7 Å². The van der Waals surface area contributed by atoms with Crippen LogP contribution in [0, 0.1) is 0 Å². The molecule has 0 saturated heterocycles. The van der Waals surface area contributed by atoms with Crippen molar-refractivity contribution in [2.45, 2.75) is 6.61 Å². The second-order valence-electron chi connectivity index (χ2n) is 4.25. The normalized spacial score (nSPS) is 10.5. The highest BCUT2D eigenvalue weighted by Gasteiger charge is 2.02. The molecule has 0 aliphatic carbocycles. The zero-order chi connectivity index (χ0) is 15.1. The molecule has 0 radical (unpaired) electrons. The molecule has 0 aliphatic heterocycles. The zero-order valence-corrected chi connectivity index (χ0v) is 11.5. The van der Waals surface area contributed by atoms with Gasteiger partial charge >= 0.3 is 5.97 Å². The molecular formula is C16H15NO4. The fourth-order valence-electron chi connectivity index (χ4n) is 1.74. The molecule has 0 amide bonds. The molecule has 0 saturated carbocycles. The Morgan fingerprint density at radius 1 is 1.19 bits per heavy atom. The van der Waals surface area contributed by atoms with E-state index < -0.39 is 5.97 Å². The van der Waals surface area contributed by atoms with Crippen LogP contribution in [-0.2, 0) is 11.4 Å². The van der Waals surface area contributed by atoms with E-state index in [0.29, 0.717) is 6.61 Å². The molecule has 2 aromatic carbocycles. The van der Waals surface area contributed by atoms with Gasteiger partial charge in [0.25, 0.3) is 0 Å². The first kappa shape index (κ1) is 14.6. The number of carboxylic acid groups (broad SMARTS) is 1. The minimum atomic E-state index is -0.953. The smallest absolute Gasteiger partial charge is 0.335 e. The summed E-state index contributed by atoms with van der Waals surface area (Å²) in [4.78, 5) is 15.9. The molecule has 0 fully saturated rings. The number of rotatable bonds is 6. The number of hydrogen-bond donors (Lipinski definition) is 1. The number of hydrogen-bond acceptors (Lipinski definition) is 4. The van der Waals surface area contributed by atoms with Gasteiger partial charge in [0.2, 0.25) is 0 Å². The number of oxime groups is 1. The second-order valence-corrected chi connectivity index (χ2v) is 4.25. The predicted molar refractivity (Wildman–Crippen MR) is 78.8 cm³/mol. The minimum Gasteiger partial charge on any atom is -0.496 e. The number of ether oxygens (including phenoxy) is 1. The third-order valence-corrected chi connectivity index (χ3v) is 2.85. The van der Waals surface area contributed by atoms with E-state index in [9.17, 15) is 4.79 Å². The fraction of sp³-hybridized carbons (Fsp3) is 0.125. The van der Waals surface area contributed by atoms with E-state index in [1.165, 1.54) is 18.3 Å². The number of carbonyl (C=O) groups is 1. The lowest BCUT2D eigenvalue weighted by atomic mass is 10.1. The van der Waals surface area contributed by atoms with Crippen LogP contribution in [0.25, 0.3) is 0 Å². The molecule has 0 aliphatic rings. The highest BCUT2D eigenvalue weighted by molar-refractivity contribution is 5.89. The van der Waals surface area contributed by atoms with Crippen LogP contribution in [0.1, 0.15) is 21.5 Å². The van der Waals surface area contributed by atoms with Gasteiger partial charge in [0.15, 0.2) is 0 Å². The van der Waals surface area contributed by atoms with E-state index in [4.69, 9.17) is 14.7 Å². The first-order valence-electron chi connectivity index (χ1n) is 6.31. The summed E-state index contributed by atoms with van der Waals surface area (Å²) in [6, 6.07) is 13.9. The Kier molecular flexibility index (Phi) is 4.93. The van der Waals surface area contributed by atoms with E-state index in [0.717, 1.165) is 16.9 Å². The van der Waals surface area contributed by atoms with Crippen LogP contribution in [0.3, 0.4) is 0 Å². The number of benzene rings is 2. The first-order chi connectivity index (χ1) is 10.2. The Bertz CT molecular complexity index is 635. The van der Waals surface area contributed by atoms with Crippen molar-refractivity contribution in [2.24, 2.45) is 5.16 Å². The average molecular weight is 285 g/mol. The summed E-state index contributed by atoms with van der Waals surface area (Å²) in [7, 11) is 1.60. The van der Waals surface area contributed by atoms with Crippen LogP contribution < -0.4 is 4.74 Å². The summed E-state index contributed by atoms with van der Waals surface area (Å²) < 4.78 is 5.21. The van der Waals surface area contributed by atoms with Crippen LogP contribution in [0.4, 0.5) is 0 Å². The predicted octanol–water partition coefficient (Wildman–Crippen LogP) is 2.94. The molecule has 5 nitrogen and oxygen atoms in total. The summed E-state index contributed by atoms with van der Waals surface area (Å²) in [5, 5.41) is 12.7. The molecule has 108 valence electrons. The lowest BCUT2D eigenvalue weighted by molar-refractivity contribution is 0.0697. The lowest BCUT2D eigenvalue weighted by Crippen LogP contribution is -1.96. The Morgan fingerprint density at radius 2 is 1.90 bits per heavy atom. The highest BCUT2D eigenvalue weighted by atomic mass is 16.6. The van der Waals surface area contributed by atoms with Crippen LogP contribution >= 0.6 is 0 Å². The molecule has 0 unspecified atom stereocenters. The third kappa shape index (κ3) is 4.07. The molecule has 0 bridgehead atoms. The molecule has 2 rings (SSSR count). The van der Waals surface area contributed by atoms with Crippen molar-refractivity contribution in [1.82, 2.24) is 0 Å². The molecule has 21 heavy (non-hydrogen) atoms. The van der Waals surface area contributed by atoms with E-state index in [2.05, 4.69) is 5.16 Å². The zero-order valence-electron chi connectivity index (χ0n) is 11.5. The Labute approximate surface area is 122 Å². The first-order valence-corrected chi connectivity index (χ1v) is 6.31. The Hall–Kier alpha value is -2.82. The Balaban J connectivity index is 1.92. The molecule has 0 aromatic heterocycles. The summed E-state index contributed by atoms with van der Waals surface area (Å²) in [5.74, 6) is -0.204. The molecule has 0 heterocycles. The molecule has 1 N–H and O–H groups in total. The largest absolute Gasteiger partial charge is 0.496 e. The topological polar surface area (TPSA) is 68.1 Å². The van der Waals surface area contributed by atoms with Gasteiger partial charge in [-0.05, 0) is 23.8 Å². The fourth-order valence-corrected chi connectivity index (χ4v) is 1.74. The van der Waals surface area contributed by atoms with Gasteiger partial charge in [-0.1, -0.05) is 35.5 Å². The van der Waals surface area contributed by atoms with Crippen molar-refractivity contribution in [3.05, 3.63) is 65.2 Å². The van der Waals surface area contributed by atoms with Crippen molar-refractivity contribution in [3.8, 4) is 5.75 Å². The summed E-state index contributed by atoms with van der Waals surface area (Å²) in [6.45, 7) is 0.299. The van der Waals surface area contributed by atoms with Gasteiger partial charge in [-0.2, -0.15) is 0 Å². The molecular weight excluding hydrogens is 270 g/mol. The van der Waals surface area contributed by atoms with Gasteiger partial charge in [0, 0.05) is 5.56 Å². The molecule has 0 spiro atoms. The molecule has 0 atom stereocenters. The lowest BCUT2D eigenvalue weighted by Gasteiger charge is -2.06. The van der Waals surface area contributed by atoms with Gasteiger partial charge in [0.05, 0.1) is 18.9 Å². The quantitative estimate of drug-likeness (QED) is 0.654. The van der Waals surface area contributed by atoms with Gasteiger partial charge < -0.3 is 14.7 Å². The van der Waals surface area contributed by atoms with Crippen LogP contribution in [0.5, 0.6) is 5.75 Å². The number of carboxylic acids is 1. The van der Waals surface area contributed by atoms with Gasteiger partial charge in [-0.25, -0.2) is 4.79 Å². The summed E-state index contributed by atoms with van der Waals surface area (Å²) in [5.41, 5.74) is 1.90. The van der Waals surface area contributed by atoms with Crippen molar-refractivity contribution < 1.29 is 19.5 Å². The van der Waals surface area contributed by atoms with Crippen molar-refractivity contribution in [3.63, 3.8) is 0 Å². The van der Waals surface area contributed by atoms with Crippen LogP contribution in [-0.4, -0.2) is 24.4 Å². The average Bonchev–Trinajstić information content (AvgIpc) is 2.52. The molecule has 5 heteroatoms. The van der Waals surface area contributed by atoms with Gasteiger partial charge in [0.1, 0.15) is 12.4 Å². The Morgan fingerprint density at radius 3 is 2.57 bits per heavy atom. The van der Waals surface area contributed by atoms with Gasteiger partial charge in [-0.15, -0.1) is 0 Å². The van der Waals surface area contributed by atoms with Gasteiger partial charge in [-0.3, -0.25) is 0 Å². The van der Waals surface area contributed by atoms with E-state index >= 15 is 0 Å². The van der Waals surface area contributed by atoms with E-state index in [-0.39, 0.29) is 5.56 Å². The standard InChI is InChI=1S/C16H15NO4/c1-20-15-5-3-2-4-14(15)11-21-17-10-12-6-8-13(9-7-12)16(18)19/h2-10H,11H2,1H3,(H,18,19)/b17-10-. The molecule has 2 aromatic rings. The van der Waals surface area contributed by atoms with Crippen molar-refractivity contribution >= 4 is 12.2 Å². The highest BCUT2D eigenvalue weighted by Crippen LogP contribution is 2.17. The minimum absolute atomic E-state index is 0.238. The van der Waals surface area contributed by atoms with E-state index in [1.807, 2.05) is 24.3 Å². The second kappa shape index (κ2) is 7.09. The SMILES string of the molecule is COc1ccccc1CO/N=C\c1ccc(C(=O)O)cc1. The summed E-state index contributed by atoms with van der Waals surface area (Å²) in [6.07, 6.45) is 1.53. The monoisotopic (exact) mass is 285 g/mol. The van der Waals surface area contributed by atoms with E-state index in [1.54, 1.807) is 19.2 Å². The van der Waals surface area contributed by atoms with Crippen molar-refractivity contribution in [1.29, 1.82) is 0 Å².